The van der Waals surface area contributed by atoms with Crippen LogP contribution in [0.3, 0.4) is 0 Å². The molecule has 0 bridgehead atoms. The number of carbonyl (C=O) groups excluding carboxylic acids is 3. The van der Waals surface area contributed by atoms with Gasteiger partial charge < -0.3 is 14.5 Å². The highest BCUT2D eigenvalue weighted by Gasteiger charge is 2.52. The van der Waals surface area contributed by atoms with Crippen molar-refractivity contribution in [3.05, 3.63) is 24.2 Å². The molecule has 1 aromatic heterocycles. The monoisotopic (exact) mass is 278 g/mol. The number of rotatable bonds is 3. The summed E-state index contributed by atoms with van der Waals surface area (Å²) in [4.78, 5) is 37.2. The number of ketones is 1. The predicted molar refractivity (Wildman–Crippen MR) is 66.1 cm³/mol. The second kappa shape index (κ2) is 4.75. The number of nitrogens with one attached hydrogen (secondary N) is 1. The molecule has 2 aliphatic rings. The Labute approximate surface area is 114 Å². The molecule has 3 amide bonds. The van der Waals surface area contributed by atoms with E-state index in [9.17, 15) is 14.4 Å². The van der Waals surface area contributed by atoms with Crippen LogP contribution in [0.2, 0.25) is 0 Å². The summed E-state index contributed by atoms with van der Waals surface area (Å²) in [5.74, 6) is -0.619. The van der Waals surface area contributed by atoms with Gasteiger partial charge in [-0.2, -0.15) is 0 Å². The average molecular weight is 278 g/mol. The Bertz CT molecular complexity index is 545. The van der Waals surface area contributed by atoms with Crippen molar-refractivity contribution in [2.75, 3.05) is 19.8 Å². The number of urea groups is 1. The Morgan fingerprint density at radius 2 is 2.10 bits per heavy atom. The third-order valence-electron chi connectivity index (χ3n) is 3.69. The Balaban J connectivity index is 1.75. The van der Waals surface area contributed by atoms with Gasteiger partial charge in [0.2, 0.25) is 5.78 Å². The van der Waals surface area contributed by atoms with E-state index >= 15 is 0 Å². The molecule has 1 N–H and O–H groups in total. The average Bonchev–Trinajstić information content (AvgIpc) is 3.04. The zero-order chi connectivity index (χ0) is 14.2. The van der Waals surface area contributed by atoms with Crippen LogP contribution in [0.15, 0.2) is 22.8 Å². The topological polar surface area (TPSA) is 88.9 Å². The molecule has 106 valence electrons. The van der Waals surface area contributed by atoms with Crippen molar-refractivity contribution in [3.8, 4) is 0 Å². The molecule has 2 saturated heterocycles. The normalized spacial score (nSPS) is 21.3. The molecule has 20 heavy (non-hydrogen) atoms. The molecule has 7 nitrogen and oxygen atoms in total. The minimum absolute atomic E-state index is 0.138. The third kappa shape index (κ3) is 2.00. The number of amides is 3. The van der Waals surface area contributed by atoms with Gasteiger partial charge in [-0.15, -0.1) is 0 Å². The number of hydrogen-bond acceptors (Lipinski definition) is 5. The molecule has 1 aromatic rings. The molecular formula is C13H14N2O5. The molecule has 0 radical (unpaired) electrons. The quantitative estimate of drug-likeness (QED) is 0.644. The van der Waals surface area contributed by atoms with Gasteiger partial charge in [0, 0.05) is 26.1 Å². The fourth-order valence-electron chi connectivity index (χ4n) is 2.54. The van der Waals surface area contributed by atoms with Crippen LogP contribution in [-0.4, -0.2) is 47.9 Å². The van der Waals surface area contributed by atoms with Gasteiger partial charge in [0.1, 0.15) is 5.54 Å². The SMILES string of the molecule is O=C(CN1C(=O)NC2(CCOCC2)C1=O)c1ccco1. The minimum atomic E-state index is -0.904. The summed E-state index contributed by atoms with van der Waals surface area (Å²) >= 11 is 0. The van der Waals surface area contributed by atoms with E-state index in [0.717, 1.165) is 4.90 Å². The van der Waals surface area contributed by atoms with E-state index in [2.05, 4.69) is 5.32 Å². The second-order valence-electron chi connectivity index (χ2n) is 4.92. The summed E-state index contributed by atoms with van der Waals surface area (Å²) in [5, 5.41) is 2.69. The number of carbonyl (C=O) groups is 3. The van der Waals surface area contributed by atoms with E-state index in [1.165, 1.54) is 12.3 Å². The lowest BCUT2D eigenvalue weighted by molar-refractivity contribution is -0.134. The molecular weight excluding hydrogens is 264 g/mol. The standard InChI is InChI=1S/C13H14N2O5/c16-9(10-2-1-5-20-10)8-15-11(17)13(14-12(15)18)3-6-19-7-4-13/h1-2,5H,3-4,6-8H2,(H,14,18). The molecule has 0 aliphatic carbocycles. The highest BCUT2D eigenvalue weighted by atomic mass is 16.5. The van der Waals surface area contributed by atoms with Gasteiger partial charge in [-0.25, -0.2) is 4.79 Å². The summed E-state index contributed by atoms with van der Waals surface area (Å²) in [6.45, 7) is 0.540. The Kier molecular flexibility index (Phi) is 3.06. The van der Waals surface area contributed by atoms with Gasteiger partial charge in [-0.05, 0) is 12.1 Å². The molecule has 0 aromatic carbocycles. The number of imide groups is 1. The summed E-state index contributed by atoms with van der Waals surface area (Å²) < 4.78 is 10.2. The minimum Gasteiger partial charge on any atom is -0.461 e. The Morgan fingerprint density at radius 1 is 1.35 bits per heavy atom. The highest BCUT2D eigenvalue weighted by Crippen LogP contribution is 2.28. The first-order chi connectivity index (χ1) is 9.62. The van der Waals surface area contributed by atoms with Crippen molar-refractivity contribution >= 4 is 17.7 Å². The smallest absolute Gasteiger partial charge is 0.325 e. The fourth-order valence-corrected chi connectivity index (χ4v) is 2.54. The third-order valence-corrected chi connectivity index (χ3v) is 3.69. The van der Waals surface area contributed by atoms with Crippen molar-refractivity contribution in [3.63, 3.8) is 0 Å². The Morgan fingerprint density at radius 3 is 2.75 bits per heavy atom. The first kappa shape index (κ1) is 12.9. The van der Waals surface area contributed by atoms with Crippen LogP contribution in [0.25, 0.3) is 0 Å². The second-order valence-corrected chi connectivity index (χ2v) is 4.92. The van der Waals surface area contributed by atoms with Crippen LogP contribution in [0.1, 0.15) is 23.4 Å². The molecule has 7 heteroatoms. The van der Waals surface area contributed by atoms with E-state index < -0.39 is 17.4 Å². The van der Waals surface area contributed by atoms with E-state index in [1.807, 2.05) is 0 Å². The van der Waals surface area contributed by atoms with Gasteiger partial charge >= 0.3 is 6.03 Å². The maximum atomic E-state index is 12.4. The molecule has 2 fully saturated rings. The molecule has 2 aliphatic heterocycles. The van der Waals surface area contributed by atoms with E-state index in [1.54, 1.807) is 6.07 Å². The molecule has 0 saturated carbocycles. The van der Waals surface area contributed by atoms with E-state index in [-0.39, 0.29) is 18.2 Å². The lowest BCUT2D eigenvalue weighted by Gasteiger charge is -2.30. The fraction of sp³-hybridized carbons (Fsp3) is 0.462. The van der Waals surface area contributed by atoms with Crippen LogP contribution in [-0.2, 0) is 9.53 Å². The van der Waals surface area contributed by atoms with Crippen molar-refractivity contribution in [2.24, 2.45) is 0 Å². The largest absolute Gasteiger partial charge is 0.461 e. The number of Topliss-reactive ketones (excluding diaryl/α,β-unsaturated/α-hetero) is 1. The van der Waals surface area contributed by atoms with Gasteiger partial charge in [0.25, 0.3) is 5.91 Å². The van der Waals surface area contributed by atoms with Crippen LogP contribution >= 0.6 is 0 Å². The molecule has 0 atom stereocenters. The van der Waals surface area contributed by atoms with Crippen molar-refractivity contribution in [2.45, 2.75) is 18.4 Å². The zero-order valence-corrected chi connectivity index (χ0v) is 10.8. The number of furan rings is 1. The summed E-state index contributed by atoms with van der Waals surface area (Å²) in [6.07, 6.45) is 2.24. The zero-order valence-electron chi connectivity index (χ0n) is 10.8. The van der Waals surface area contributed by atoms with Crippen LogP contribution in [0.5, 0.6) is 0 Å². The van der Waals surface area contributed by atoms with Gasteiger partial charge in [0.15, 0.2) is 5.76 Å². The lowest BCUT2D eigenvalue weighted by atomic mass is 9.90. The molecule has 3 heterocycles. The molecule has 1 spiro atoms. The first-order valence-corrected chi connectivity index (χ1v) is 6.41. The van der Waals surface area contributed by atoms with Gasteiger partial charge in [-0.1, -0.05) is 0 Å². The maximum Gasteiger partial charge on any atom is 0.325 e. The van der Waals surface area contributed by atoms with Crippen molar-refractivity contribution < 1.29 is 23.5 Å². The summed E-state index contributed by atoms with van der Waals surface area (Å²) in [5.41, 5.74) is -0.904. The van der Waals surface area contributed by atoms with Crippen LogP contribution in [0, 0.1) is 0 Å². The lowest BCUT2D eigenvalue weighted by Crippen LogP contribution is -2.51. The summed E-state index contributed by atoms with van der Waals surface area (Å²) in [7, 11) is 0. The van der Waals surface area contributed by atoms with E-state index in [4.69, 9.17) is 9.15 Å². The van der Waals surface area contributed by atoms with Crippen molar-refractivity contribution in [1.29, 1.82) is 0 Å². The highest BCUT2D eigenvalue weighted by molar-refractivity contribution is 6.10. The number of ether oxygens (including phenoxy) is 1. The predicted octanol–water partition coefficient (Wildman–Crippen LogP) is 0.563. The van der Waals surface area contributed by atoms with Crippen LogP contribution in [0.4, 0.5) is 4.79 Å². The van der Waals surface area contributed by atoms with Crippen molar-refractivity contribution in [1.82, 2.24) is 10.2 Å². The summed E-state index contributed by atoms with van der Waals surface area (Å²) in [6, 6.07) is 2.56. The first-order valence-electron chi connectivity index (χ1n) is 6.41. The van der Waals surface area contributed by atoms with E-state index in [0.29, 0.717) is 26.1 Å². The maximum absolute atomic E-state index is 12.4. The number of hydrogen-bond donors (Lipinski definition) is 1. The van der Waals surface area contributed by atoms with Gasteiger partial charge in [-0.3, -0.25) is 14.5 Å². The van der Waals surface area contributed by atoms with Crippen LogP contribution < -0.4 is 5.32 Å². The Hall–Kier alpha value is -2.15. The van der Waals surface area contributed by atoms with Gasteiger partial charge in [0.05, 0.1) is 12.8 Å². The number of nitrogens with zero attached hydrogens (tertiary/aromatic N) is 1. The molecule has 0 unspecified atom stereocenters. The molecule has 3 rings (SSSR count).